The molecule has 118 valence electrons. The molecule has 0 aromatic rings. The fraction of sp³-hybridized carbons (Fsp3) is 1.00. The predicted octanol–water partition coefficient (Wildman–Crippen LogP) is 2.44. The van der Waals surface area contributed by atoms with Crippen molar-refractivity contribution in [3.05, 3.63) is 0 Å². The summed E-state index contributed by atoms with van der Waals surface area (Å²) in [5.41, 5.74) is 0. The van der Waals surface area contributed by atoms with Crippen molar-refractivity contribution >= 4 is 7.26 Å². The van der Waals surface area contributed by atoms with Crippen molar-refractivity contribution in [1.82, 2.24) is 0 Å². The zero-order chi connectivity index (χ0) is 13.7. The van der Waals surface area contributed by atoms with Gasteiger partial charge in [0.1, 0.15) is 0 Å². The van der Waals surface area contributed by atoms with Crippen LogP contribution in [-0.2, 0) is 4.74 Å². The maximum atomic E-state index is 5.27. The molecular weight excluding hydrogens is 275 g/mol. The molecule has 3 heteroatoms. The average molecular weight is 311 g/mol. The maximum absolute atomic E-state index is 5.27. The molecule has 0 N–H and O–H groups in total. The largest absolute Gasteiger partial charge is 1.00 e. The van der Waals surface area contributed by atoms with Gasteiger partial charge in [-0.1, -0.05) is 40.0 Å². The lowest BCUT2D eigenvalue weighted by atomic mass is 10.4. The second-order valence-electron chi connectivity index (χ2n) is 5.64. The Morgan fingerprint density at radius 3 is 1.37 bits per heavy atom. The lowest BCUT2D eigenvalue weighted by molar-refractivity contribution is -0.00000452. The number of methoxy groups -OCH3 is 1. The summed E-state index contributed by atoms with van der Waals surface area (Å²) in [6.07, 6.45) is 15.9. The normalized spacial score (nSPS) is 11.4. The molecule has 0 spiro atoms. The van der Waals surface area contributed by atoms with Gasteiger partial charge in [-0.2, -0.15) is 0 Å². The van der Waals surface area contributed by atoms with Gasteiger partial charge in [0.25, 0.3) is 0 Å². The van der Waals surface area contributed by atoms with Gasteiger partial charge in [-0.05, 0) is 19.3 Å². The fourth-order valence-corrected chi connectivity index (χ4v) is 7.80. The Labute approximate surface area is 129 Å². The Morgan fingerprint density at radius 2 is 1.05 bits per heavy atom. The van der Waals surface area contributed by atoms with Crippen LogP contribution in [0.3, 0.4) is 0 Å². The van der Waals surface area contributed by atoms with Gasteiger partial charge in [0.2, 0.25) is 0 Å². The minimum Gasteiger partial charge on any atom is -1.00 e. The van der Waals surface area contributed by atoms with Gasteiger partial charge in [-0.25, -0.2) is 0 Å². The molecule has 0 atom stereocenters. The first-order valence-electron chi connectivity index (χ1n) is 8.08. The lowest BCUT2D eigenvalue weighted by Gasteiger charge is -2.28. The molecule has 19 heavy (non-hydrogen) atoms. The van der Waals surface area contributed by atoms with Crippen LogP contribution in [0, 0.1) is 0 Å². The highest BCUT2D eigenvalue weighted by Gasteiger charge is 2.34. The second kappa shape index (κ2) is 15.1. The van der Waals surface area contributed by atoms with Crippen molar-refractivity contribution in [1.29, 1.82) is 0 Å². The SMILES string of the molecule is CCCC[P+](CCCC)(CCCC)CCCOC.[Cl-]. The molecule has 0 bridgehead atoms. The number of rotatable bonds is 13. The molecule has 0 aromatic heterocycles. The number of unbranched alkanes of at least 4 members (excludes halogenated alkanes) is 3. The maximum Gasteiger partial charge on any atom is 0.0616 e. The number of ether oxygens (including phenoxy) is 1. The summed E-state index contributed by atoms with van der Waals surface area (Å²) in [5, 5.41) is 0. The summed E-state index contributed by atoms with van der Waals surface area (Å²) >= 11 is 0. The molecule has 0 saturated carbocycles. The van der Waals surface area contributed by atoms with E-state index in [9.17, 15) is 0 Å². The third kappa shape index (κ3) is 11.1. The van der Waals surface area contributed by atoms with Crippen molar-refractivity contribution in [2.24, 2.45) is 0 Å². The van der Waals surface area contributed by atoms with Crippen molar-refractivity contribution < 1.29 is 17.1 Å². The van der Waals surface area contributed by atoms with Gasteiger partial charge < -0.3 is 17.1 Å². The van der Waals surface area contributed by atoms with Crippen molar-refractivity contribution in [2.45, 2.75) is 65.7 Å². The molecule has 0 aliphatic rings. The van der Waals surface area contributed by atoms with E-state index in [0.29, 0.717) is 0 Å². The molecule has 1 nitrogen and oxygen atoms in total. The average Bonchev–Trinajstić information content (AvgIpc) is 2.40. The Kier molecular flexibility index (Phi) is 17.4. The van der Waals surface area contributed by atoms with Crippen LogP contribution in [-0.4, -0.2) is 38.4 Å². The molecule has 0 amide bonds. The van der Waals surface area contributed by atoms with E-state index in [0.717, 1.165) is 6.61 Å². The minimum atomic E-state index is -0.655. The molecule has 0 heterocycles. The van der Waals surface area contributed by atoms with Crippen LogP contribution in [0.4, 0.5) is 0 Å². The third-order valence-electron chi connectivity index (χ3n) is 3.94. The van der Waals surface area contributed by atoms with E-state index >= 15 is 0 Å². The van der Waals surface area contributed by atoms with Crippen LogP contribution >= 0.6 is 7.26 Å². The van der Waals surface area contributed by atoms with Crippen molar-refractivity contribution in [3.8, 4) is 0 Å². The number of halogens is 1. The molecule has 0 fully saturated rings. The summed E-state index contributed by atoms with van der Waals surface area (Å²) in [6, 6.07) is 0. The first-order valence-corrected chi connectivity index (χ1v) is 10.6. The van der Waals surface area contributed by atoms with Gasteiger partial charge >= 0.3 is 0 Å². The first-order chi connectivity index (χ1) is 8.74. The van der Waals surface area contributed by atoms with Gasteiger partial charge in [0, 0.05) is 27.4 Å². The molecule has 0 saturated heterocycles. The highest BCUT2D eigenvalue weighted by atomic mass is 35.5. The standard InChI is InChI=1S/C16H36OP.ClH/c1-5-8-13-18(14-9-6-2,15-10-7-3)16-11-12-17-4;/h5-16H2,1-4H3;1H/q+1;/p-1. The monoisotopic (exact) mass is 310 g/mol. The zero-order valence-electron chi connectivity index (χ0n) is 13.7. The number of hydrogen-bond acceptors (Lipinski definition) is 1. The molecule has 0 unspecified atom stereocenters. The summed E-state index contributed by atoms with van der Waals surface area (Å²) in [7, 11) is 1.18. The van der Waals surface area contributed by atoms with Gasteiger partial charge in [-0.3, -0.25) is 0 Å². The Balaban J connectivity index is 0. The molecular formula is C16H36ClOP. The van der Waals surface area contributed by atoms with Crippen molar-refractivity contribution in [2.75, 3.05) is 38.4 Å². The highest BCUT2D eigenvalue weighted by molar-refractivity contribution is 7.75. The van der Waals surface area contributed by atoms with Gasteiger partial charge in [0.15, 0.2) is 0 Å². The quantitative estimate of drug-likeness (QED) is 0.375. The van der Waals surface area contributed by atoms with Crippen LogP contribution in [0.25, 0.3) is 0 Å². The minimum absolute atomic E-state index is 0. The third-order valence-corrected chi connectivity index (χ3v) is 9.00. The summed E-state index contributed by atoms with van der Waals surface area (Å²) in [5.74, 6) is 0. The Bertz CT molecular complexity index is 154. The van der Waals surface area contributed by atoms with Crippen molar-refractivity contribution in [3.63, 3.8) is 0 Å². The first kappa shape index (κ1) is 22.0. The topological polar surface area (TPSA) is 9.23 Å². The second-order valence-corrected chi connectivity index (χ2v) is 10.1. The predicted molar refractivity (Wildman–Crippen MR) is 87.6 cm³/mol. The van der Waals surface area contributed by atoms with E-state index in [1.165, 1.54) is 51.1 Å². The van der Waals surface area contributed by atoms with Gasteiger partial charge in [0.05, 0.1) is 24.6 Å². The Morgan fingerprint density at radius 1 is 0.684 bits per heavy atom. The molecule has 0 radical (unpaired) electrons. The molecule has 0 aliphatic carbocycles. The molecule has 0 aromatic carbocycles. The van der Waals surface area contributed by atoms with Crippen LogP contribution in [0.2, 0.25) is 0 Å². The van der Waals surface area contributed by atoms with E-state index in [2.05, 4.69) is 20.8 Å². The molecule has 0 rings (SSSR count). The summed E-state index contributed by atoms with van der Waals surface area (Å²) < 4.78 is 5.27. The summed E-state index contributed by atoms with van der Waals surface area (Å²) in [4.78, 5) is 0. The van der Waals surface area contributed by atoms with E-state index in [1.807, 2.05) is 7.11 Å². The summed E-state index contributed by atoms with van der Waals surface area (Å²) in [6.45, 7) is 7.97. The zero-order valence-corrected chi connectivity index (χ0v) is 15.4. The molecule has 0 aliphatic heterocycles. The van der Waals surface area contributed by atoms with E-state index in [-0.39, 0.29) is 12.4 Å². The Hall–Kier alpha value is 0.680. The van der Waals surface area contributed by atoms with Gasteiger partial charge in [-0.15, -0.1) is 0 Å². The fourth-order valence-electron chi connectivity index (χ4n) is 2.70. The smallest absolute Gasteiger partial charge is 0.0616 e. The lowest BCUT2D eigenvalue weighted by Crippen LogP contribution is -3.00. The van der Waals surface area contributed by atoms with Crippen LogP contribution in [0.1, 0.15) is 65.7 Å². The van der Waals surface area contributed by atoms with Crippen LogP contribution in [0.5, 0.6) is 0 Å². The number of hydrogen-bond donors (Lipinski definition) is 0. The van der Waals surface area contributed by atoms with Crippen LogP contribution < -0.4 is 12.4 Å². The van der Waals surface area contributed by atoms with E-state index < -0.39 is 7.26 Å². The van der Waals surface area contributed by atoms with E-state index in [1.54, 1.807) is 18.5 Å². The van der Waals surface area contributed by atoms with E-state index in [4.69, 9.17) is 4.74 Å². The van der Waals surface area contributed by atoms with Crippen LogP contribution in [0.15, 0.2) is 0 Å². The highest BCUT2D eigenvalue weighted by Crippen LogP contribution is 2.61.